The molecule has 0 fully saturated rings. The van der Waals surface area contributed by atoms with Crippen LogP contribution in [0, 0.1) is 0 Å². The quantitative estimate of drug-likeness (QED) is 0.599. The molecule has 2 aliphatic rings. The second-order valence-electron chi connectivity index (χ2n) is 8.06. The monoisotopic (exact) mass is 460 g/mol. The fraction of sp³-hybridized carbons (Fsp3) is 0.333. The number of hydrogen-bond donors (Lipinski definition) is 2. The largest absolute Gasteiger partial charge is 0.486 e. The summed E-state index contributed by atoms with van der Waals surface area (Å²) in [5.74, 6) is -0.294. The van der Waals surface area contributed by atoms with Crippen LogP contribution in [0.25, 0.3) is 5.57 Å². The van der Waals surface area contributed by atoms with E-state index in [9.17, 15) is 22.8 Å². The molecule has 0 atom stereocenters. The van der Waals surface area contributed by atoms with Gasteiger partial charge in [-0.3, -0.25) is 9.59 Å². The van der Waals surface area contributed by atoms with E-state index in [2.05, 4.69) is 10.6 Å². The molecule has 0 aliphatic carbocycles. The smallest absolute Gasteiger partial charge is 0.416 e. The second-order valence-corrected chi connectivity index (χ2v) is 8.06. The Morgan fingerprint density at radius 2 is 1.97 bits per heavy atom. The van der Waals surface area contributed by atoms with Gasteiger partial charge in [-0.25, -0.2) is 0 Å². The van der Waals surface area contributed by atoms with Gasteiger partial charge >= 0.3 is 6.18 Å². The van der Waals surface area contributed by atoms with E-state index in [1.54, 1.807) is 18.2 Å². The third-order valence-electron chi connectivity index (χ3n) is 5.98. The van der Waals surface area contributed by atoms with Crippen LogP contribution in [0.2, 0.25) is 0 Å². The molecule has 0 spiro atoms. The van der Waals surface area contributed by atoms with Crippen LogP contribution in [0.3, 0.4) is 0 Å². The van der Waals surface area contributed by atoms with Crippen molar-refractivity contribution in [1.82, 2.24) is 0 Å². The highest BCUT2D eigenvalue weighted by molar-refractivity contribution is 6.07. The molecule has 0 aromatic heterocycles. The molecular formula is C24H23F3N2O4. The van der Waals surface area contributed by atoms with Crippen molar-refractivity contribution in [3.8, 4) is 11.5 Å². The van der Waals surface area contributed by atoms with E-state index in [1.165, 1.54) is 12.1 Å². The highest BCUT2D eigenvalue weighted by Gasteiger charge is 2.38. The first kappa shape index (κ1) is 22.7. The van der Waals surface area contributed by atoms with E-state index in [4.69, 9.17) is 9.47 Å². The normalized spacial score (nSPS) is 17.8. The molecule has 4 rings (SSSR count). The number of nitrogens with one attached hydrogen (secondary N) is 2. The van der Waals surface area contributed by atoms with Crippen molar-refractivity contribution in [1.29, 1.82) is 0 Å². The number of amides is 2. The highest BCUT2D eigenvalue weighted by atomic mass is 19.4. The van der Waals surface area contributed by atoms with Crippen molar-refractivity contribution >= 4 is 28.8 Å². The molecule has 0 saturated heterocycles. The predicted octanol–water partition coefficient (Wildman–Crippen LogP) is 5.40. The predicted molar refractivity (Wildman–Crippen MR) is 117 cm³/mol. The van der Waals surface area contributed by atoms with E-state index < -0.39 is 23.2 Å². The van der Waals surface area contributed by atoms with Crippen LogP contribution in [0.15, 0.2) is 42.5 Å². The molecule has 33 heavy (non-hydrogen) atoms. The molecule has 2 N–H and O–H groups in total. The van der Waals surface area contributed by atoms with Crippen LogP contribution >= 0.6 is 0 Å². The summed E-state index contributed by atoms with van der Waals surface area (Å²) in [5, 5.41) is 5.42. The lowest BCUT2D eigenvalue weighted by Crippen LogP contribution is -2.38. The molecule has 0 unspecified atom stereocenters. The van der Waals surface area contributed by atoms with Gasteiger partial charge in [0.25, 0.3) is 5.91 Å². The third-order valence-corrected chi connectivity index (χ3v) is 5.98. The van der Waals surface area contributed by atoms with Crippen LogP contribution in [0.4, 0.5) is 24.5 Å². The number of carbonyl (C=O) groups is 2. The van der Waals surface area contributed by atoms with Crippen LogP contribution in [0.5, 0.6) is 11.5 Å². The van der Waals surface area contributed by atoms with Gasteiger partial charge in [0.05, 0.1) is 16.9 Å². The number of para-hydroxylation sites is 1. The zero-order chi connectivity index (χ0) is 23.8. The Bertz CT molecular complexity index is 1140. The summed E-state index contributed by atoms with van der Waals surface area (Å²) < 4.78 is 51.2. The van der Waals surface area contributed by atoms with Crippen molar-refractivity contribution in [2.75, 3.05) is 17.2 Å². The maximum absolute atomic E-state index is 13.3. The molecule has 6 nitrogen and oxygen atoms in total. The first-order valence-electron chi connectivity index (χ1n) is 10.6. The van der Waals surface area contributed by atoms with Crippen LogP contribution in [0.1, 0.15) is 44.2 Å². The second kappa shape index (κ2) is 8.46. The van der Waals surface area contributed by atoms with E-state index in [1.807, 2.05) is 13.8 Å². The van der Waals surface area contributed by atoms with Crippen molar-refractivity contribution < 1.29 is 32.2 Å². The first-order valence-corrected chi connectivity index (χ1v) is 10.6. The van der Waals surface area contributed by atoms with E-state index in [0.717, 1.165) is 12.1 Å². The highest BCUT2D eigenvalue weighted by Crippen LogP contribution is 2.45. The standard InChI is InChI=1S/C24H23F3N2O4/c1-3-23(4-2)12-14(16-9-8-15(24(25,26)27)11-19(16)33-23)10-20(30)28-17-6-5-7-18-22(17)32-13-21(31)29-18/h5-11H,3-4,12-13H2,1-2H3,(H,28,30)(H,29,31)/b14-10+. The molecule has 2 aromatic carbocycles. The maximum atomic E-state index is 13.3. The number of carbonyl (C=O) groups excluding carboxylic acids is 2. The SMILES string of the molecule is CCC1(CC)C/C(=C\C(=O)Nc2cccc3c2OCC(=O)N3)c2ccc(C(F)(F)F)cc2O1. The van der Waals surface area contributed by atoms with Gasteiger partial charge < -0.3 is 20.1 Å². The number of alkyl halides is 3. The summed E-state index contributed by atoms with van der Waals surface area (Å²) >= 11 is 0. The van der Waals surface area contributed by atoms with Crippen molar-refractivity contribution in [3.63, 3.8) is 0 Å². The van der Waals surface area contributed by atoms with Gasteiger partial charge in [-0.15, -0.1) is 0 Å². The van der Waals surface area contributed by atoms with Gasteiger partial charge in [0.15, 0.2) is 12.4 Å². The molecule has 2 heterocycles. The average molecular weight is 460 g/mol. The number of benzene rings is 2. The van der Waals surface area contributed by atoms with Crippen molar-refractivity contribution in [3.05, 3.63) is 53.6 Å². The van der Waals surface area contributed by atoms with E-state index in [0.29, 0.717) is 47.5 Å². The van der Waals surface area contributed by atoms with Gasteiger partial charge in [-0.2, -0.15) is 13.2 Å². The zero-order valence-corrected chi connectivity index (χ0v) is 18.1. The Balaban J connectivity index is 1.68. The van der Waals surface area contributed by atoms with Crippen LogP contribution in [-0.2, 0) is 15.8 Å². The Kier molecular flexibility index (Phi) is 5.82. The van der Waals surface area contributed by atoms with Gasteiger partial charge in [0.2, 0.25) is 5.91 Å². The Morgan fingerprint density at radius 1 is 1.21 bits per heavy atom. The van der Waals surface area contributed by atoms with E-state index >= 15 is 0 Å². The number of anilines is 2. The van der Waals surface area contributed by atoms with Gasteiger partial charge in [-0.1, -0.05) is 26.0 Å². The summed E-state index contributed by atoms with van der Waals surface area (Å²) in [4.78, 5) is 24.4. The lowest BCUT2D eigenvalue weighted by Gasteiger charge is -2.39. The minimum atomic E-state index is -4.50. The fourth-order valence-corrected chi connectivity index (χ4v) is 4.07. The van der Waals surface area contributed by atoms with Crippen LogP contribution in [-0.4, -0.2) is 24.0 Å². The molecule has 174 valence electrons. The minimum Gasteiger partial charge on any atom is -0.486 e. The molecule has 9 heteroatoms. The third kappa shape index (κ3) is 4.53. The van der Waals surface area contributed by atoms with Gasteiger partial charge in [0.1, 0.15) is 11.4 Å². The summed E-state index contributed by atoms with van der Waals surface area (Å²) in [5.41, 5.74) is 0.362. The lowest BCUT2D eigenvalue weighted by atomic mass is 9.83. The van der Waals surface area contributed by atoms with Crippen LogP contribution < -0.4 is 20.1 Å². The number of ether oxygens (including phenoxy) is 2. The fourth-order valence-electron chi connectivity index (χ4n) is 4.07. The summed E-state index contributed by atoms with van der Waals surface area (Å²) in [6.45, 7) is 3.64. The Hall–Kier alpha value is -3.49. The molecule has 0 saturated carbocycles. The lowest BCUT2D eigenvalue weighted by molar-refractivity contribution is -0.137. The maximum Gasteiger partial charge on any atom is 0.416 e. The molecule has 2 aromatic rings. The Morgan fingerprint density at radius 3 is 2.67 bits per heavy atom. The molecule has 0 radical (unpaired) electrons. The molecule has 2 aliphatic heterocycles. The number of fused-ring (bicyclic) bond motifs is 2. The molecular weight excluding hydrogens is 437 g/mol. The summed E-state index contributed by atoms with van der Waals surface area (Å²) in [6, 6.07) is 8.29. The van der Waals surface area contributed by atoms with Gasteiger partial charge in [-0.05, 0) is 42.7 Å². The molecule has 2 amide bonds. The Labute approximate surface area is 188 Å². The minimum absolute atomic E-state index is 0.113. The summed E-state index contributed by atoms with van der Waals surface area (Å²) in [7, 11) is 0. The summed E-state index contributed by atoms with van der Waals surface area (Å²) in [6.07, 6.45) is -1.60. The van der Waals surface area contributed by atoms with Crippen molar-refractivity contribution in [2.24, 2.45) is 0 Å². The number of hydrogen-bond acceptors (Lipinski definition) is 4. The zero-order valence-electron chi connectivity index (χ0n) is 18.1. The van der Waals surface area contributed by atoms with Gasteiger partial charge in [0, 0.05) is 18.1 Å². The number of rotatable bonds is 4. The number of halogens is 3. The van der Waals surface area contributed by atoms with Crippen molar-refractivity contribution in [2.45, 2.75) is 44.9 Å². The van der Waals surface area contributed by atoms with E-state index in [-0.39, 0.29) is 18.3 Å². The average Bonchev–Trinajstić information content (AvgIpc) is 2.77. The molecule has 0 bridgehead atoms. The topological polar surface area (TPSA) is 76.7 Å². The first-order chi connectivity index (χ1) is 15.6.